The fraction of sp³-hybridized carbons (Fsp3) is 0.333. The standard InChI is InChI=1S/C12H15N3O4/c13-7(4-11(17)18)12(14)6-1-2-9-8(3-6)15-10(16)5-19-9/h1-3,7,12H,4-5,13-14H2,(H,15,16)(H,17,18). The lowest BCUT2D eigenvalue weighted by Gasteiger charge is -2.22. The molecule has 2 rings (SSSR count). The molecule has 0 spiro atoms. The van der Waals surface area contributed by atoms with Gasteiger partial charge in [0.15, 0.2) is 6.61 Å². The zero-order valence-corrected chi connectivity index (χ0v) is 10.1. The summed E-state index contributed by atoms with van der Waals surface area (Å²) < 4.78 is 5.22. The van der Waals surface area contributed by atoms with Crippen LogP contribution in [0.4, 0.5) is 5.69 Å². The second-order valence-electron chi connectivity index (χ2n) is 4.38. The third kappa shape index (κ3) is 3.01. The SMILES string of the molecule is NC(CC(=O)O)C(N)c1ccc2c(c1)NC(=O)CO2. The van der Waals surface area contributed by atoms with Gasteiger partial charge in [-0.15, -0.1) is 0 Å². The van der Waals surface area contributed by atoms with Crippen molar-refractivity contribution in [3.63, 3.8) is 0 Å². The Morgan fingerprint density at radius 1 is 1.47 bits per heavy atom. The van der Waals surface area contributed by atoms with Crippen molar-refractivity contribution in [2.45, 2.75) is 18.5 Å². The summed E-state index contributed by atoms with van der Waals surface area (Å²) in [6.07, 6.45) is -0.221. The third-order valence-corrected chi connectivity index (χ3v) is 2.89. The van der Waals surface area contributed by atoms with Crippen molar-refractivity contribution in [2.24, 2.45) is 11.5 Å². The smallest absolute Gasteiger partial charge is 0.304 e. The Morgan fingerprint density at radius 2 is 2.21 bits per heavy atom. The second kappa shape index (κ2) is 5.25. The number of nitrogens with one attached hydrogen (secondary N) is 1. The van der Waals surface area contributed by atoms with Crippen molar-refractivity contribution < 1.29 is 19.4 Å². The van der Waals surface area contributed by atoms with E-state index in [9.17, 15) is 9.59 Å². The number of carboxylic acid groups (broad SMARTS) is 1. The Balaban J connectivity index is 2.19. The van der Waals surface area contributed by atoms with Crippen LogP contribution in [0.1, 0.15) is 18.0 Å². The first kappa shape index (κ1) is 13.3. The maximum absolute atomic E-state index is 11.2. The number of amides is 1. The zero-order valence-electron chi connectivity index (χ0n) is 10.1. The van der Waals surface area contributed by atoms with Gasteiger partial charge in [-0.2, -0.15) is 0 Å². The molecule has 0 saturated carbocycles. The lowest BCUT2D eigenvalue weighted by molar-refractivity contribution is -0.137. The number of carbonyl (C=O) groups is 2. The number of anilines is 1. The molecule has 1 aliphatic rings. The number of carboxylic acids is 1. The minimum atomic E-state index is -1.00. The van der Waals surface area contributed by atoms with E-state index in [2.05, 4.69) is 5.32 Å². The molecule has 102 valence electrons. The predicted octanol–water partition coefficient (Wildman–Crippen LogP) is -0.181. The van der Waals surface area contributed by atoms with E-state index in [1.54, 1.807) is 18.2 Å². The minimum absolute atomic E-state index is 0.0169. The van der Waals surface area contributed by atoms with Crippen LogP contribution in [0.15, 0.2) is 18.2 Å². The number of hydrogen-bond acceptors (Lipinski definition) is 5. The summed E-state index contributed by atoms with van der Waals surface area (Å²) >= 11 is 0. The van der Waals surface area contributed by atoms with Gasteiger partial charge >= 0.3 is 5.97 Å². The van der Waals surface area contributed by atoms with Crippen molar-refractivity contribution in [2.75, 3.05) is 11.9 Å². The van der Waals surface area contributed by atoms with Crippen LogP contribution >= 0.6 is 0 Å². The van der Waals surface area contributed by atoms with Gasteiger partial charge in [0.05, 0.1) is 12.1 Å². The van der Waals surface area contributed by atoms with Gasteiger partial charge in [0.1, 0.15) is 5.75 Å². The average Bonchev–Trinajstić information content (AvgIpc) is 2.36. The molecule has 1 aromatic rings. The van der Waals surface area contributed by atoms with Gasteiger partial charge < -0.3 is 26.6 Å². The Labute approximate surface area is 109 Å². The van der Waals surface area contributed by atoms with Gasteiger partial charge in [-0.3, -0.25) is 9.59 Å². The number of rotatable bonds is 4. The maximum Gasteiger partial charge on any atom is 0.304 e. The molecule has 1 heterocycles. The molecule has 0 aliphatic carbocycles. The summed E-state index contributed by atoms with van der Waals surface area (Å²) in [5.74, 6) is -0.687. The van der Waals surface area contributed by atoms with E-state index in [-0.39, 0.29) is 18.9 Å². The number of hydrogen-bond donors (Lipinski definition) is 4. The highest BCUT2D eigenvalue weighted by atomic mass is 16.5. The van der Waals surface area contributed by atoms with Crippen molar-refractivity contribution in [3.05, 3.63) is 23.8 Å². The van der Waals surface area contributed by atoms with E-state index in [1.807, 2.05) is 0 Å². The molecule has 0 saturated heterocycles. The lowest BCUT2D eigenvalue weighted by atomic mass is 9.97. The van der Waals surface area contributed by atoms with Crippen LogP contribution in [0, 0.1) is 0 Å². The van der Waals surface area contributed by atoms with Crippen LogP contribution in [0.25, 0.3) is 0 Å². The summed E-state index contributed by atoms with van der Waals surface area (Å²) in [6, 6.07) is 3.72. The molecule has 2 atom stereocenters. The fourth-order valence-corrected chi connectivity index (χ4v) is 1.88. The van der Waals surface area contributed by atoms with Crippen molar-refractivity contribution >= 4 is 17.6 Å². The molecule has 0 fully saturated rings. The van der Waals surface area contributed by atoms with Crippen LogP contribution in [-0.2, 0) is 9.59 Å². The van der Waals surface area contributed by atoms with Gasteiger partial charge in [0.25, 0.3) is 5.91 Å². The molecular formula is C12H15N3O4. The number of fused-ring (bicyclic) bond motifs is 1. The third-order valence-electron chi connectivity index (χ3n) is 2.89. The van der Waals surface area contributed by atoms with Crippen molar-refractivity contribution in [1.29, 1.82) is 0 Å². The summed E-state index contributed by atoms with van der Waals surface area (Å²) in [4.78, 5) is 21.8. The molecule has 2 unspecified atom stereocenters. The molecule has 7 nitrogen and oxygen atoms in total. The fourth-order valence-electron chi connectivity index (χ4n) is 1.88. The van der Waals surface area contributed by atoms with Gasteiger partial charge in [-0.25, -0.2) is 0 Å². The highest BCUT2D eigenvalue weighted by molar-refractivity contribution is 5.95. The van der Waals surface area contributed by atoms with Crippen LogP contribution in [0.5, 0.6) is 5.75 Å². The van der Waals surface area contributed by atoms with Crippen LogP contribution in [0.2, 0.25) is 0 Å². The first-order valence-corrected chi connectivity index (χ1v) is 5.77. The van der Waals surface area contributed by atoms with E-state index in [4.69, 9.17) is 21.3 Å². The number of carbonyl (C=O) groups excluding carboxylic acids is 1. The Hall–Kier alpha value is -2.12. The van der Waals surface area contributed by atoms with E-state index in [0.29, 0.717) is 17.0 Å². The molecule has 0 bridgehead atoms. The molecule has 0 aromatic heterocycles. The maximum atomic E-state index is 11.2. The van der Waals surface area contributed by atoms with Crippen LogP contribution in [0.3, 0.4) is 0 Å². The monoisotopic (exact) mass is 265 g/mol. The van der Waals surface area contributed by atoms with Crippen LogP contribution in [-0.4, -0.2) is 29.6 Å². The molecule has 1 aliphatic heterocycles. The second-order valence-corrected chi connectivity index (χ2v) is 4.38. The topological polar surface area (TPSA) is 128 Å². The summed E-state index contributed by atoms with van der Waals surface area (Å²) in [5, 5.41) is 11.4. The minimum Gasteiger partial charge on any atom is -0.482 e. The van der Waals surface area contributed by atoms with Gasteiger partial charge in [-0.1, -0.05) is 6.07 Å². The van der Waals surface area contributed by atoms with E-state index < -0.39 is 18.1 Å². The van der Waals surface area contributed by atoms with Gasteiger partial charge in [0, 0.05) is 12.1 Å². The summed E-state index contributed by atoms with van der Waals surface area (Å²) in [5.41, 5.74) is 12.8. The zero-order chi connectivity index (χ0) is 14.0. The van der Waals surface area contributed by atoms with E-state index in [1.165, 1.54) is 0 Å². The van der Waals surface area contributed by atoms with Crippen molar-refractivity contribution in [1.82, 2.24) is 0 Å². The predicted molar refractivity (Wildman–Crippen MR) is 67.7 cm³/mol. The number of ether oxygens (including phenoxy) is 1. The molecule has 7 heteroatoms. The molecule has 0 radical (unpaired) electrons. The van der Waals surface area contributed by atoms with Crippen molar-refractivity contribution in [3.8, 4) is 5.75 Å². The summed E-state index contributed by atoms with van der Waals surface area (Å²) in [6.45, 7) is -0.0169. The summed E-state index contributed by atoms with van der Waals surface area (Å²) in [7, 11) is 0. The number of nitrogens with two attached hydrogens (primary N) is 2. The number of aliphatic carboxylic acids is 1. The van der Waals surface area contributed by atoms with E-state index >= 15 is 0 Å². The molecular weight excluding hydrogens is 250 g/mol. The Kier molecular flexibility index (Phi) is 3.68. The number of benzene rings is 1. The normalized spacial score (nSPS) is 16.8. The highest BCUT2D eigenvalue weighted by Crippen LogP contribution is 2.30. The van der Waals surface area contributed by atoms with E-state index in [0.717, 1.165) is 0 Å². The Bertz CT molecular complexity index is 518. The van der Waals surface area contributed by atoms with Gasteiger partial charge in [0.2, 0.25) is 0 Å². The highest BCUT2D eigenvalue weighted by Gasteiger charge is 2.21. The molecule has 1 aromatic carbocycles. The molecule has 19 heavy (non-hydrogen) atoms. The Morgan fingerprint density at radius 3 is 2.89 bits per heavy atom. The largest absolute Gasteiger partial charge is 0.482 e. The quantitative estimate of drug-likeness (QED) is 0.598. The lowest BCUT2D eigenvalue weighted by Crippen LogP contribution is -2.36. The van der Waals surface area contributed by atoms with Gasteiger partial charge in [-0.05, 0) is 17.7 Å². The average molecular weight is 265 g/mol. The first-order chi connectivity index (χ1) is 8.97. The van der Waals surface area contributed by atoms with Crippen LogP contribution < -0.4 is 21.5 Å². The first-order valence-electron chi connectivity index (χ1n) is 5.77. The molecule has 1 amide bonds. The molecule has 6 N–H and O–H groups in total.